The topological polar surface area (TPSA) is 91.5 Å². The van der Waals surface area contributed by atoms with Crippen molar-refractivity contribution in [2.24, 2.45) is 0 Å². The van der Waals surface area contributed by atoms with E-state index in [4.69, 9.17) is 4.74 Å². The van der Waals surface area contributed by atoms with Gasteiger partial charge in [0.05, 0.1) is 24.6 Å². The van der Waals surface area contributed by atoms with E-state index >= 15 is 0 Å². The summed E-state index contributed by atoms with van der Waals surface area (Å²) in [5.74, 6) is 0. The summed E-state index contributed by atoms with van der Waals surface area (Å²) in [6.07, 6.45) is 0. The summed E-state index contributed by atoms with van der Waals surface area (Å²) in [5, 5.41) is 10.9. The van der Waals surface area contributed by atoms with E-state index in [9.17, 15) is 9.59 Å². The first kappa shape index (κ1) is 21.2. The van der Waals surface area contributed by atoms with Crippen LogP contribution in [0.3, 0.4) is 0 Å². The number of anilines is 2. The Kier molecular flexibility index (Phi) is 9.09. The van der Waals surface area contributed by atoms with Gasteiger partial charge < -0.3 is 26.0 Å². The average molecular weight is 500 g/mol. The zero-order chi connectivity index (χ0) is 19.5. The van der Waals surface area contributed by atoms with E-state index < -0.39 is 0 Å². The molecule has 7 nitrogen and oxygen atoms in total. The molecule has 4 N–H and O–H groups in total. The number of nitrogens with one attached hydrogen (secondary N) is 4. The van der Waals surface area contributed by atoms with Gasteiger partial charge in [-0.1, -0.05) is 24.3 Å². The number of urea groups is 2. The molecule has 0 radical (unpaired) electrons. The second kappa shape index (κ2) is 11.6. The lowest BCUT2D eigenvalue weighted by Crippen LogP contribution is -2.34. The number of rotatable bonds is 8. The van der Waals surface area contributed by atoms with Crippen LogP contribution in [0, 0.1) is 0 Å². The summed E-state index contributed by atoms with van der Waals surface area (Å²) in [4.78, 5) is 23.6. The van der Waals surface area contributed by atoms with E-state index in [2.05, 4.69) is 53.1 Å². The van der Waals surface area contributed by atoms with Crippen LogP contribution in [0.1, 0.15) is 0 Å². The zero-order valence-corrected chi connectivity index (χ0v) is 17.6. The second-order valence-corrected chi connectivity index (χ2v) is 7.04. The van der Waals surface area contributed by atoms with Crippen molar-refractivity contribution in [2.75, 3.05) is 36.9 Å². The average Bonchev–Trinajstić information content (AvgIpc) is 2.65. The molecular weight excluding hydrogens is 480 g/mol. The Labute approximate surface area is 174 Å². The molecule has 9 heteroatoms. The van der Waals surface area contributed by atoms with Gasteiger partial charge in [0.15, 0.2) is 0 Å². The first-order valence-corrected chi connectivity index (χ1v) is 9.81. The highest BCUT2D eigenvalue weighted by Gasteiger charge is 2.05. The summed E-state index contributed by atoms with van der Waals surface area (Å²) in [7, 11) is 0. The molecule has 144 valence electrons. The van der Waals surface area contributed by atoms with Crippen LogP contribution in [0.2, 0.25) is 0 Å². The van der Waals surface area contributed by atoms with Crippen LogP contribution in [-0.4, -0.2) is 38.4 Å². The minimum absolute atomic E-state index is 0.309. The molecule has 0 aliphatic heterocycles. The molecule has 0 saturated heterocycles. The maximum absolute atomic E-state index is 11.8. The molecule has 2 aromatic rings. The summed E-state index contributed by atoms with van der Waals surface area (Å²) >= 11 is 6.72. The van der Waals surface area contributed by atoms with Gasteiger partial charge in [-0.3, -0.25) is 0 Å². The Morgan fingerprint density at radius 1 is 0.741 bits per heavy atom. The van der Waals surface area contributed by atoms with E-state index in [1.807, 2.05) is 36.4 Å². The maximum atomic E-state index is 11.8. The number of para-hydroxylation sites is 2. The van der Waals surface area contributed by atoms with Crippen molar-refractivity contribution in [3.8, 4) is 0 Å². The highest BCUT2D eigenvalue weighted by Crippen LogP contribution is 2.21. The normalized spacial score (nSPS) is 10.1. The van der Waals surface area contributed by atoms with Crippen LogP contribution in [0.5, 0.6) is 0 Å². The quantitative estimate of drug-likeness (QED) is 0.411. The first-order chi connectivity index (χ1) is 13.1. The van der Waals surface area contributed by atoms with Crippen LogP contribution < -0.4 is 21.3 Å². The molecule has 0 atom stereocenters. The Morgan fingerprint density at radius 3 is 1.56 bits per heavy atom. The van der Waals surface area contributed by atoms with E-state index in [-0.39, 0.29) is 12.1 Å². The standard InChI is InChI=1S/C18H20Br2N4O3/c19-13-5-1-3-7-15(13)23-17(25)21-9-11-27-12-10-22-18(26)24-16-8-4-2-6-14(16)20/h1-8H,9-12H2,(H2,21,23,25)(H2,22,24,26). The van der Waals surface area contributed by atoms with Crippen molar-refractivity contribution in [1.82, 2.24) is 10.6 Å². The van der Waals surface area contributed by atoms with Gasteiger partial charge >= 0.3 is 12.1 Å². The van der Waals surface area contributed by atoms with Gasteiger partial charge in [-0.2, -0.15) is 0 Å². The van der Waals surface area contributed by atoms with Crippen molar-refractivity contribution in [3.05, 3.63) is 57.5 Å². The minimum Gasteiger partial charge on any atom is -0.378 e. The van der Waals surface area contributed by atoms with Crippen LogP contribution in [-0.2, 0) is 4.74 Å². The lowest BCUT2D eigenvalue weighted by Gasteiger charge is -2.10. The third-order valence-electron chi connectivity index (χ3n) is 3.31. The lowest BCUT2D eigenvalue weighted by molar-refractivity contribution is 0.140. The minimum atomic E-state index is -0.309. The molecule has 0 saturated carbocycles. The molecule has 0 unspecified atom stereocenters. The predicted octanol–water partition coefficient (Wildman–Crippen LogP) is 4.17. The molecular formula is C18H20Br2N4O3. The highest BCUT2D eigenvalue weighted by molar-refractivity contribution is 9.11. The van der Waals surface area contributed by atoms with Crippen LogP contribution in [0.4, 0.5) is 21.0 Å². The second-order valence-electron chi connectivity index (χ2n) is 5.33. The number of carbonyl (C=O) groups excluding carboxylic acids is 2. The summed E-state index contributed by atoms with van der Waals surface area (Å²) in [6.45, 7) is 1.41. The van der Waals surface area contributed by atoms with Crippen LogP contribution in [0.15, 0.2) is 57.5 Å². The third-order valence-corrected chi connectivity index (χ3v) is 4.69. The van der Waals surface area contributed by atoms with Crippen molar-refractivity contribution in [1.29, 1.82) is 0 Å². The molecule has 0 spiro atoms. The molecule has 0 heterocycles. The molecule has 27 heavy (non-hydrogen) atoms. The van der Waals surface area contributed by atoms with E-state index in [0.29, 0.717) is 37.7 Å². The van der Waals surface area contributed by atoms with E-state index in [0.717, 1.165) is 8.95 Å². The molecule has 2 aromatic carbocycles. The smallest absolute Gasteiger partial charge is 0.319 e. The molecule has 0 bridgehead atoms. The SMILES string of the molecule is O=C(NCCOCCNC(=O)Nc1ccccc1Br)Nc1ccccc1Br. The zero-order valence-electron chi connectivity index (χ0n) is 14.4. The van der Waals surface area contributed by atoms with Crippen LogP contribution in [0.25, 0.3) is 0 Å². The summed E-state index contributed by atoms with van der Waals surface area (Å²) in [6, 6.07) is 14.1. The number of halogens is 2. The number of amides is 4. The van der Waals surface area contributed by atoms with Gasteiger partial charge in [0, 0.05) is 22.0 Å². The van der Waals surface area contributed by atoms with Gasteiger partial charge in [-0.25, -0.2) is 9.59 Å². The fourth-order valence-electron chi connectivity index (χ4n) is 2.03. The molecule has 0 aliphatic carbocycles. The lowest BCUT2D eigenvalue weighted by atomic mass is 10.3. The highest BCUT2D eigenvalue weighted by atomic mass is 79.9. The number of ether oxygens (including phenoxy) is 1. The first-order valence-electron chi connectivity index (χ1n) is 8.23. The molecule has 4 amide bonds. The third kappa shape index (κ3) is 7.98. The fourth-order valence-corrected chi connectivity index (χ4v) is 2.80. The number of carbonyl (C=O) groups is 2. The van der Waals surface area contributed by atoms with Gasteiger partial charge in [0.2, 0.25) is 0 Å². The van der Waals surface area contributed by atoms with Crippen molar-refractivity contribution < 1.29 is 14.3 Å². The van der Waals surface area contributed by atoms with Gasteiger partial charge in [0.25, 0.3) is 0 Å². The van der Waals surface area contributed by atoms with Crippen molar-refractivity contribution in [2.45, 2.75) is 0 Å². The van der Waals surface area contributed by atoms with Crippen LogP contribution >= 0.6 is 31.9 Å². The maximum Gasteiger partial charge on any atom is 0.319 e. The number of benzene rings is 2. The Balaban J connectivity index is 1.52. The number of hydrogen-bond donors (Lipinski definition) is 4. The van der Waals surface area contributed by atoms with Crippen molar-refractivity contribution >= 4 is 55.3 Å². The Morgan fingerprint density at radius 2 is 1.15 bits per heavy atom. The fraction of sp³-hybridized carbons (Fsp3) is 0.222. The Hall–Kier alpha value is -2.10. The summed E-state index contributed by atoms with van der Waals surface area (Å²) in [5.41, 5.74) is 1.38. The molecule has 0 aromatic heterocycles. The molecule has 0 fully saturated rings. The van der Waals surface area contributed by atoms with Gasteiger partial charge in [-0.05, 0) is 56.1 Å². The van der Waals surface area contributed by atoms with Gasteiger partial charge in [0.1, 0.15) is 0 Å². The predicted molar refractivity (Wildman–Crippen MR) is 113 cm³/mol. The molecule has 2 rings (SSSR count). The van der Waals surface area contributed by atoms with E-state index in [1.165, 1.54) is 0 Å². The Bertz CT molecular complexity index is 710. The monoisotopic (exact) mass is 498 g/mol. The van der Waals surface area contributed by atoms with E-state index in [1.54, 1.807) is 12.1 Å². The summed E-state index contributed by atoms with van der Waals surface area (Å²) < 4.78 is 7.00. The largest absolute Gasteiger partial charge is 0.378 e. The van der Waals surface area contributed by atoms with Gasteiger partial charge in [-0.15, -0.1) is 0 Å². The van der Waals surface area contributed by atoms with Crippen molar-refractivity contribution in [3.63, 3.8) is 0 Å². The number of hydrogen-bond acceptors (Lipinski definition) is 3. The molecule has 0 aliphatic rings.